The molecular formula is C14H17NO. The van der Waals surface area contributed by atoms with Gasteiger partial charge in [-0.15, -0.1) is 0 Å². The van der Waals surface area contributed by atoms with Gasteiger partial charge in [-0.2, -0.15) is 0 Å². The van der Waals surface area contributed by atoms with E-state index in [1.54, 1.807) is 0 Å². The lowest BCUT2D eigenvalue weighted by Crippen LogP contribution is -2.03. The molecule has 84 valence electrons. The minimum absolute atomic E-state index is 0.257. The lowest BCUT2D eigenvalue weighted by molar-refractivity contribution is 0.0664. The van der Waals surface area contributed by atoms with Gasteiger partial charge >= 0.3 is 0 Å². The third kappa shape index (κ3) is 2.22. The summed E-state index contributed by atoms with van der Waals surface area (Å²) < 4.78 is 5.65. The van der Waals surface area contributed by atoms with E-state index in [-0.39, 0.29) is 6.10 Å². The topological polar surface area (TPSA) is 22.1 Å². The molecule has 16 heavy (non-hydrogen) atoms. The molecule has 1 aromatic heterocycles. The van der Waals surface area contributed by atoms with E-state index in [4.69, 9.17) is 4.74 Å². The largest absolute Gasteiger partial charge is 0.374 e. The second-order valence-corrected chi connectivity index (χ2v) is 4.30. The monoisotopic (exact) mass is 215 g/mol. The minimum atomic E-state index is 0.257. The maximum atomic E-state index is 5.65. The Hall–Kier alpha value is -1.41. The molecule has 0 saturated carbocycles. The van der Waals surface area contributed by atoms with E-state index in [0.29, 0.717) is 6.61 Å². The van der Waals surface area contributed by atoms with Crippen LogP contribution >= 0.6 is 0 Å². The quantitative estimate of drug-likeness (QED) is 0.782. The first kappa shape index (κ1) is 11.1. The van der Waals surface area contributed by atoms with Gasteiger partial charge in [0.05, 0.1) is 18.2 Å². The fourth-order valence-corrected chi connectivity index (χ4v) is 1.76. The van der Waals surface area contributed by atoms with Crippen LogP contribution in [-0.2, 0) is 11.3 Å². The van der Waals surface area contributed by atoms with E-state index < -0.39 is 0 Å². The SMILES string of the molecule is Cc1ccc(COC(C)C)c2cccnc12. The molecule has 0 radical (unpaired) electrons. The number of nitrogens with zero attached hydrogens (tertiary/aromatic N) is 1. The van der Waals surface area contributed by atoms with Crippen LogP contribution in [0.3, 0.4) is 0 Å². The number of hydrogen-bond donors (Lipinski definition) is 0. The summed E-state index contributed by atoms with van der Waals surface area (Å²) in [5.41, 5.74) is 3.50. The average Bonchev–Trinajstić information content (AvgIpc) is 2.28. The molecule has 0 saturated heterocycles. The van der Waals surface area contributed by atoms with Crippen LogP contribution in [0.5, 0.6) is 0 Å². The normalized spacial score (nSPS) is 11.2. The summed E-state index contributed by atoms with van der Waals surface area (Å²) in [4.78, 5) is 4.41. The van der Waals surface area contributed by atoms with E-state index in [9.17, 15) is 0 Å². The molecule has 2 aromatic rings. The van der Waals surface area contributed by atoms with E-state index in [0.717, 1.165) is 5.52 Å². The van der Waals surface area contributed by atoms with Crippen molar-refractivity contribution >= 4 is 10.9 Å². The highest BCUT2D eigenvalue weighted by Gasteiger charge is 2.04. The van der Waals surface area contributed by atoms with Crippen LogP contribution in [0.1, 0.15) is 25.0 Å². The predicted molar refractivity (Wildman–Crippen MR) is 66.4 cm³/mol. The molecule has 2 rings (SSSR count). The van der Waals surface area contributed by atoms with Gasteiger partial charge < -0.3 is 4.74 Å². The zero-order valence-electron chi connectivity index (χ0n) is 10.0. The lowest BCUT2D eigenvalue weighted by atomic mass is 10.1. The molecule has 1 aromatic carbocycles. The molecule has 0 spiro atoms. The highest BCUT2D eigenvalue weighted by atomic mass is 16.5. The Morgan fingerprint density at radius 2 is 2.06 bits per heavy atom. The van der Waals surface area contributed by atoms with Crippen LogP contribution in [0, 0.1) is 6.92 Å². The third-order valence-corrected chi connectivity index (χ3v) is 2.63. The summed E-state index contributed by atoms with van der Waals surface area (Å²) >= 11 is 0. The summed E-state index contributed by atoms with van der Waals surface area (Å²) in [5.74, 6) is 0. The van der Waals surface area contributed by atoms with Gasteiger partial charge in [0.2, 0.25) is 0 Å². The van der Waals surface area contributed by atoms with Crippen molar-refractivity contribution in [1.82, 2.24) is 4.98 Å². The minimum Gasteiger partial charge on any atom is -0.374 e. The van der Waals surface area contributed by atoms with E-state index in [1.807, 2.05) is 12.3 Å². The van der Waals surface area contributed by atoms with Gasteiger partial charge in [-0.25, -0.2) is 0 Å². The third-order valence-electron chi connectivity index (χ3n) is 2.63. The number of hydrogen-bond acceptors (Lipinski definition) is 2. The molecule has 0 atom stereocenters. The number of ether oxygens (including phenoxy) is 1. The first-order valence-electron chi connectivity index (χ1n) is 5.63. The van der Waals surface area contributed by atoms with Crippen LogP contribution in [0.4, 0.5) is 0 Å². The van der Waals surface area contributed by atoms with Crippen molar-refractivity contribution in [3.63, 3.8) is 0 Å². The standard InChI is InChI=1S/C14H17NO/c1-10(2)16-9-12-7-6-11(3)14-13(12)5-4-8-15-14/h4-8,10H,9H2,1-3H3. The van der Waals surface area contributed by atoms with Crippen molar-refractivity contribution in [2.24, 2.45) is 0 Å². The average molecular weight is 215 g/mol. The Balaban J connectivity index is 2.42. The number of rotatable bonds is 3. The van der Waals surface area contributed by atoms with Gasteiger partial charge in [0.25, 0.3) is 0 Å². The highest BCUT2D eigenvalue weighted by Crippen LogP contribution is 2.21. The van der Waals surface area contributed by atoms with Gasteiger partial charge in [-0.1, -0.05) is 18.2 Å². The molecule has 2 heteroatoms. The van der Waals surface area contributed by atoms with Gasteiger partial charge in [-0.05, 0) is 38.0 Å². The van der Waals surface area contributed by atoms with Gasteiger partial charge in [-0.3, -0.25) is 4.98 Å². The zero-order chi connectivity index (χ0) is 11.5. The van der Waals surface area contributed by atoms with Crippen LogP contribution in [0.15, 0.2) is 30.5 Å². The molecule has 0 aliphatic heterocycles. The Labute approximate surface area is 96.3 Å². The van der Waals surface area contributed by atoms with Crippen LogP contribution < -0.4 is 0 Å². The second kappa shape index (κ2) is 4.62. The number of aromatic nitrogens is 1. The summed E-state index contributed by atoms with van der Waals surface area (Å²) in [5, 5.41) is 1.20. The maximum absolute atomic E-state index is 5.65. The van der Waals surface area contributed by atoms with Crippen molar-refractivity contribution < 1.29 is 4.74 Å². The van der Waals surface area contributed by atoms with Gasteiger partial charge in [0, 0.05) is 11.6 Å². The van der Waals surface area contributed by atoms with E-state index >= 15 is 0 Å². The highest BCUT2D eigenvalue weighted by molar-refractivity contribution is 5.84. The Morgan fingerprint density at radius 1 is 1.25 bits per heavy atom. The van der Waals surface area contributed by atoms with Crippen molar-refractivity contribution in [2.75, 3.05) is 0 Å². The molecule has 0 unspecified atom stereocenters. The van der Waals surface area contributed by atoms with E-state index in [2.05, 4.69) is 44.0 Å². The smallest absolute Gasteiger partial charge is 0.0734 e. The van der Waals surface area contributed by atoms with Crippen molar-refractivity contribution in [2.45, 2.75) is 33.5 Å². The van der Waals surface area contributed by atoms with Crippen molar-refractivity contribution in [1.29, 1.82) is 0 Å². The van der Waals surface area contributed by atoms with Crippen LogP contribution in [0.2, 0.25) is 0 Å². The first-order chi connectivity index (χ1) is 7.68. The van der Waals surface area contributed by atoms with Crippen molar-refractivity contribution in [3.8, 4) is 0 Å². The predicted octanol–water partition coefficient (Wildman–Crippen LogP) is 3.47. The molecule has 0 amide bonds. The Bertz CT molecular complexity index is 491. The molecule has 0 fully saturated rings. The maximum Gasteiger partial charge on any atom is 0.0734 e. The fourth-order valence-electron chi connectivity index (χ4n) is 1.76. The lowest BCUT2D eigenvalue weighted by Gasteiger charge is -2.10. The first-order valence-corrected chi connectivity index (χ1v) is 5.63. The Kier molecular flexibility index (Phi) is 3.20. The number of benzene rings is 1. The van der Waals surface area contributed by atoms with E-state index in [1.165, 1.54) is 16.5 Å². The molecule has 0 aliphatic rings. The molecule has 0 aliphatic carbocycles. The van der Waals surface area contributed by atoms with Crippen molar-refractivity contribution in [3.05, 3.63) is 41.6 Å². The number of pyridine rings is 1. The summed E-state index contributed by atoms with van der Waals surface area (Å²) in [6, 6.07) is 8.31. The number of aryl methyl sites for hydroxylation is 1. The molecular weight excluding hydrogens is 198 g/mol. The molecule has 0 N–H and O–H groups in total. The molecule has 2 nitrogen and oxygen atoms in total. The van der Waals surface area contributed by atoms with Gasteiger partial charge in [0.15, 0.2) is 0 Å². The second-order valence-electron chi connectivity index (χ2n) is 4.30. The summed E-state index contributed by atoms with van der Waals surface area (Å²) in [6.45, 7) is 6.84. The van der Waals surface area contributed by atoms with Crippen LogP contribution in [-0.4, -0.2) is 11.1 Å². The molecule has 0 bridgehead atoms. The van der Waals surface area contributed by atoms with Crippen LogP contribution in [0.25, 0.3) is 10.9 Å². The Morgan fingerprint density at radius 3 is 2.81 bits per heavy atom. The summed E-state index contributed by atoms with van der Waals surface area (Å²) in [7, 11) is 0. The summed E-state index contributed by atoms with van der Waals surface area (Å²) in [6.07, 6.45) is 2.09. The fraction of sp³-hybridized carbons (Fsp3) is 0.357. The number of fused-ring (bicyclic) bond motifs is 1. The van der Waals surface area contributed by atoms with Gasteiger partial charge in [0.1, 0.15) is 0 Å². The molecule has 1 heterocycles. The zero-order valence-corrected chi connectivity index (χ0v) is 10.0.